The van der Waals surface area contributed by atoms with Crippen LogP contribution in [0, 0.1) is 0 Å². The summed E-state index contributed by atoms with van der Waals surface area (Å²) in [7, 11) is 1.57. The van der Waals surface area contributed by atoms with Crippen LogP contribution in [0.15, 0.2) is 102 Å². The molecule has 0 saturated heterocycles. The normalized spacial score (nSPS) is 14.7. The highest BCUT2D eigenvalue weighted by atomic mass is 16.5. The van der Waals surface area contributed by atoms with E-state index >= 15 is 0 Å². The largest absolute Gasteiger partial charge is 0.495 e. The van der Waals surface area contributed by atoms with Crippen LogP contribution in [0.4, 0.5) is 11.6 Å². The SMILES string of the molecule is COc1ccccc1NC(=O)C1=C(C)Nc2nc(-c3cccc4ccccc34)nn2C1c1ccccn1. The van der Waals surface area contributed by atoms with Gasteiger partial charge in [-0.1, -0.05) is 60.7 Å². The summed E-state index contributed by atoms with van der Waals surface area (Å²) in [5.74, 6) is 1.41. The summed E-state index contributed by atoms with van der Waals surface area (Å²) < 4.78 is 7.17. The smallest absolute Gasteiger partial charge is 0.256 e. The molecule has 0 radical (unpaired) electrons. The van der Waals surface area contributed by atoms with E-state index in [9.17, 15) is 4.79 Å². The Morgan fingerprint density at radius 1 is 0.973 bits per heavy atom. The number of hydrogen-bond acceptors (Lipinski definition) is 6. The number of rotatable bonds is 5. The van der Waals surface area contributed by atoms with E-state index in [4.69, 9.17) is 14.8 Å². The van der Waals surface area contributed by atoms with Gasteiger partial charge < -0.3 is 15.4 Å². The zero-order valence-electron chi connectivity index (χ0n) is 20.3. The quantitative estimate of drug-likeness (QED) is 0.343. The zero-order valence-corrected chi connectivity index (χ0v) is 20.3. The Morgan fingerprint density at radius 3 is 2.59 bits per heavy atom. The second kappa shape index (κ2) is 9.23. The molecule has 2 N–H and O–H groups in total. The molecule has 37 heavy (non-hydrogen) atoms. The van der Waals surface area contributed by atoms with Crippen LogP contribution < -0.4 is 15.4 Å². The lowest BCUT2D eigenvalue weighted by Gasteiger charge is -2.28. The lowest BCUT2D eigenvalue weighted by Crippen LogP contribution is -2.32. The van der Waals surface area contributed by atoms with Crippen LogP contribution in [-0.4, -0.2) is 32.8 Å². The Morgan fingerprint density at radius 2 is 1.76 bits per heavy atom. The maximum atomic E-state index is 13.7. The molecule has 3 aromatic carbocycles. The number of hydrogen-bond donors (Lipinski definition) is 2. The van der Waals surface area contributed by atoms with E-state index in [1.807, 2.05) is 61.5 Å². The highest BCUT2D eigenvalue weighted by Gasteiger charge is 2.35. The molecule has 5 aromatic rings. The van der Waals surface area contributed by atoms with Gasteiger partial charge >= 0.3 is 0 Å². The number of para-hydroxylation sites is 2. The van der Waals surface area contributed by atoms with Crippen LogP contribution in [0.25, 0.3) is 22.2 Å². The predicted octanol–water partition coefficient (Wildman–Crippen LogP) is 5.43. The van der Waals surface area contributed by atoms with Gasteiger partial charge in [0.05, 0.1) is 24.1 Å². The second-order valence-electron chi connectivity index (χ2n) is 8.71. The number of carbonyl (C=O) groups excluding carboxylic acids is 1. The molecule has 1 aliphatic heterocycles. The highest BCUT2D eigenvalue weighted by molar-refractivity contribution is 6.06. The fourth-order valence-electron chi connectivity index (χ4n) is 4.73. The van der Waals surface area contributed by atoms with E-state index in [1.54, 1.807) is 30.1 Å². The lowest BCUT2D eigenvalue weighted by atomic mass is 9.98. The molecule has 8 heteroatoms. The van der Waals surface area contributed by atoms with Gasteiger partial charge in [0.2, 0.25) is 5.95 Å². The first-order valence-electron chi connectivity index (χ1n) is 11.9. The topological polar surface area (TPSA) is 94.0 Å². The third-order valence-electron chi connectivity index (χ3n) is 6.45. The minimum Gasteiger partial charge on any atom is -0.495 e. The number of carbonyl (C=O) groups is 1. The van der Waals surface area contributed by atoms with Gasteiger partial charge in [0, 0.05) is 17.5 Å². The number of benzene rings is 3. The third-order valence-corrected chi connectivity index (χ3v) is 6.45. The Bertz CT molecular complexity index is 1650. The average molecular weight is 489 g/mol. The number of pyridine rings is 1. The van der Waals surface area contributed by atoms with Gasteiger partial charge in [-0.05, 0) is 42.0 Å². The maximum absolute atomic E-state index is 13.7. The number of nitrogens with one attached hydrogen (secondary N) is 2. The van der Waals surface area contributed by atoms with Crippen molar-refractivity contribution >= 4 is 28.3 Å². The molecule has 0 bridgehead atoms. The fourth-order valence-corrected chi connectivity index (χ4v) is 4.73. The van der Waals surface area contributed by atoms with Crippen molar-refractivity contribution in [2.45, 2.75) is 13.0 Å². The van der Waals surface area contributed by atoms with E-state index in [1.165, 1.54) is 0 Å². The summed E-state index contributed by atoms with van der Waals surface area (Å²) in [5.41, 5.74) is 3.35. The molecule has 3 heterocycles. The highest BCUT2D eigenvalue weighted by Crippen LogP contribution is 2.37. The molecule has 1 atom stereocenters. The molecule has 1 amide bonds. The molecule has 0 fully saturated rings. The van der Waals surface area contributed by atoms with Gasteiger partial charge in [0.15, 0.2) is 5.82 Å². The molecule has 0 aliphatic carbocycles. The van der Waals surface area contributed by atoms with Crippen LogP contribution in [0.2, 0.25) is 0 Å². The summed E-state index contributed by atoms with van der Waals surface area (Å²) in [6.45, 7) is 1.86. The summed E-state index contributed by atoms with van der Waals surface area (Å²) in [6, 6.07) is 26.6. The van der Waals surface area contributed by atoms with Gasteiger partial charge in [-0.15, -0.1) is 5.10 Å². The second-order valence-corrected chi connectivity index (χ2v) is 8.71. The molecule has 6 rings (SSSR count). The first-order chi connectivity index (χ1) is 18.1. The zero-order chi connectivity index (χ0) is 25.4. The number of methoxy groups -OCH3 is 1. The predicted molar refractivity (Wildman–Crippen MR) is 143 cm³/mol. The summed E-state index contributed by atoms with van der Waals surface area (Å²) in [6.07, 6.45) is 1.71. The number of nitrogens with zero attached hydrogens (tertiary/aromatic N) is 4. The number of aromatic nitrogens is 4. The lowest BCUT2D eigenvalue weighted by molar-refractivity contribution is -0.113. The Kier molecular flexibility index (Phi) is 5.61. The molecule has 182 valence electrons. The van der Waals surface area contributed by atoms with Crippen molar-refractivity contribution in [3.05, 3.63) is 108 Å². The average Bonchev–Trinajstić information content (AvgIpc) is 3.36. The summed E-state index contributed by atoms with van der Waals surface area (Å²) in [5, 5.41) is 13.4. The van der Waals surface area contributed by atoms with E-state index < -0.39 is 6.04 Å². The first kappa shape index (κ1) is 22.5. The van der Waals surface area contributed by atoms with Crippen LogP contribution in [0.3, 0.4) is 0 Å². The molecule has 2 aromatic heterocycles. The Balaban J connectivity index is 1.46. The number of anilines is 2. The van der Waals surface area contributed by atoms with Crippen LogP contribution >= 0.6 is 0 Å². The minimum atomic E-state index is -0.580. The molecule has 0 saturated carbocycles. The molecule has 0 spiro atoms. The third kappa shape index (κ3) is 3.98. The summed E-state index contributed by atoms with van der Waals surface area (Å²) >= 11 is 0. The standard InChI is InChI=1S/C29H24N6O2/c1-18-25(28(36)32-22-14-5-6-16-24(22)37-2)26(23-15-7-8-17-30-23)35-29(31-18)33-27(34-35)21-13-9-11-19-10-3-4-12-20(19)21/h3-17,26H,1-2H3,(H,32,36)(H,31,33,34). The van der Waals surface area contributed by atoms with Gasteiger partial charge in [0.1, 0.15) is 11.8 Å². The Labute approximate surface area is 213 Å². The minimum absolute atomic E-state index is 0.280. The van der Waals surface area contributed by atoms with Crippen molar-refractivity contribution in [1.29, 1.82) is 0 Å². The van der Waals surface area contributed by atoms with Gasteiger partial charge in [-0.3, -0.25) is 9.78 Å². The number of ether oxygens (including phenoxy) is 1. The van der Waals surface area contributed by atoms with Crippen molar-refractivity contribution < 1.29 is 9.53 Å². The molecule has 1 aliphatic rings. The number of fused-ring (bicyclic) bond motifs is 2. The molecular weight excluding hydrogens is 464 g/mol. The maximum Gasteiger partial charge on any atom is 0.256 e. The molecule has 8 nitrogen and oxygen atoms in total. The van der Waals surface area contributed by atoms with Gasteiger partial charge in [0.25, 0.3) is 5.91 Å². The van der Waals surface area contributed by atoms with E-state index in [0.717, 1.165) is 16.3 Å². The van der Waals surface area contributed by atoms with Gasteiger partial charge in [-0.25, -0.2) is 4.68 Å². The number of allylic oxidation sites excluding steroid dienone is 1. The number of amides is 1. The molecular formula is C29H24N6O2. The van der Waals surface area contributed by atoms with Crippen LogP contribution in [0.5, 0.6) is 5.75 Å². The summed E-state index contributed by atoms with van der Waals surface area (Å²) in [4.78, 5) is 23.2. The van der Waals surface area contributed by atoms with E-state index in [-0.39, 0.29) is 5.91 Å². The van der Waals surface area contributed by atoms with Crippen molar-refractivity contribution in [3.8, 4) is 17.1 Å². The van der Waals surface area contributed by atoms with Crippen molar-refractivity contribution in [3.63, 3.8) is 0 Å². The van der Waals surface area contributed by atoms with Crippen molar-refractivity contribution in [2.24, 2.45) is 0 Å². The van der Waals surface area contributed by atoms with E-state index in [2.05, 4.69) is 33.8 Å². The van der Waals surface area contributed by atoms with E-state index in [0.29, 0.717) is 40.2 Å². The van der Waals surface area contributed by atoms with Crippen molar-refractivity contribution in [1.82, 2.24) is 19.7 Å². The fraction of sp³-hybridized carbons (Fsp3) is 0.103. The van der Waals surface area contributed by atoms with Crippen molar-refractivity contribution in [2.75, 3.05) is 17.7 Å². The van der Waals surface area contributed by atoms with Gasteiger partial charge in [-0.2, -0.15) is 4.98 Å². The monoisotopic (exact) mass is 488 g/mol. The van der Waals surface area contributed by atoms with Crippen LogP contribution in [0.1, 0.15) is 18.7 Å². The Hall–Kier alpha value is -4.98. The first-order valence-corrected chi connectivity index (χ1v) is 11.9. The van der Waals surface area contributed by atoms with Crippen LogP contribution in [-0.2, 0) is 4.79 Å². The molecule has 1 unspecified atom stereocenters.